The molecule has 0 bridgehead atoms. The predicted octanol–water partition coefficient (Wildman–Crippen LogP) is 4.66. The Hall–Kier alpha value is -4.06. The molecule has 4 heterocycles. The lowest BCUT2D eigenvalue weighted by Crippen LogP contribution is -1.98. The van der Waals surface area contributed by atoms with Crippen molar-refractivity contribution in [2.75, 3.05) is 0 Å². The summed E-state index contributed by atoms with van der Waals surface area (Å²) in [6.07, 6.45) is 7.22. The number of fused-ring (bicyclic) bond motifs is 1. The Morgan fingerprint density at radius 3 is 2.52 bits per heavy atom. The van der Waals surface area contributed by atoms with Crippen LogP contribution >= 0.6 is 0 Å². The number of H-pyrrole nitrogens is 1. The molecule has 0 aliphatic carbocycles. The molecule has 5 rings (SSSR count). The number of pyridine rings is 3. The third-order valence-electron chi connectivity index (χ3n) is 4.66. The monoisotopic (exact) mass is 379 g/mol. The smallest absolute Gasteiger partial charge is 0.130 e. The highest BCUT2D eigenvalue weighted by molar-refractivity contribution is 5.80. The molecule has 140 valence electrons. The van der Waals surface area contributed by atoms with Crippen molar-refractivity contribution in [1.29, 1.82) is 0 Å². The molecule has 0 aliphatic rings. The molecule has 0 amide bonds. The van der Waals surface area contributed by atoms with Gasteiger partial charge in [0.25, 0.3) is 0 Å². The number of nitrogens with zero attached hydrogens (tertiary/aromatic N) is 4. The Morgan fingerprint density at radius 1 is 0.793 bits per heavy atom. The Morgan fingerprint density at radius 2 is 1.66 bits per heavy atom. The van der Waals surface area contributed by atoms with E-state index in [0.29, 0.717) is 6.61 Å². The van der Waals surface area contributed by atoms with E-state index in [9.17, 15) is 0 Å². The van der Waals surface area contributed by atoms with Gasteiger partial charge in [0.05, 0.1) is 22.4 Å². The minimum Gasteiger partial charge on any atom is -0.487 e. The lowest BCUT2D eigenvalue weighted by Gasteiger charge is -2.08. The van der Waals surface area contributed by atoms with Crippen LogP contribution in [0.1, 0.15) is 5.69 Å². The molecule has 0 saturated carbocycles. The summed E-state index contributed by atoms with van der Waals surface area (Å²) < 4.78 is 5.91. The first-order valence-corrected chi connectivity index (χ1v) is 9.25. The Labute approximate surface area is 167 Å². The molecule has 1 N–H and O–H groups in total. The zero-order valence-corrected chi connectivity index (χ0v) is 15.5. The van der Waals surface area contributed by atoms with Gasteiger partial charge in [-0.2, -0.15) is 5.10 Å². The van der Waals surface area contributed by atoms with Gasteiger partial charge in [-0.3, -0.25) is 15.1 Å². The molecule has 0 spiro atoms. The predicted molar refractivity (Wildman–Crippen MR) is 111 cm³/mol. The topological polar surface area (TPSA) is 76.6 Å². The Bertz CT molecular complexity index is 1250. The van der Waals surface area contributed by atoms with Crippen molar-refractivity contribution in [2.24, 2.45) is 0 Å². The molecule has 0 unspecified atom stereocenters. The summed E-state index contributed by atoms with van der Waals surface area (Å²) >= 11 is 0. The van der Waals surface area contributed by atoms with Crippen LogP contribution in [0.3, 0.4) is 0 Å². The van der Waals surface area contributed by atoms with Gasteiger partial charge in [-0.25, -0.2) is 4.98 Å². The number of ether oxygens (including phenoxy) is 1. The van der Waals surface area contributed by atoms with E-state index in [4.69, 9.17) is 4.74 Å². The molecular weight excluding hydrogens is 362 g/mol. The second kappa shape index (κ2) is 7.52. The number of aromatic amines is 1. The SMILES string of the molecule is c1cnc2ccc(COc3ccc(-c4n[nH]cc4-c4ccncc4)cc3)nc2c1. The molecule has 0 saturated heterocycles. The normalized spacial score (nSPS) is 10.9. The molecule has 1 aromatic carbocycles. The highest BCUT2D eigenvalue weighted by atomic mass is 16.5. The molecule has 0 fully saturated rings. The summed E-state index contributed by atoms with van der Waals surface area (Å²) in [6.45, 7) is 0.398. The van der Waals surface area contributed by atoms with Crippen LogP contribution in [0.15, 0.2) is 85.5 Å². The van der Waals surface area contributed by atoms with Crippen molar-refractivity contribution in [2.45, 2.75) is 6.61 Å². The van der Waals surface area contributed by atoms with Crippen molar-refractivity contribution < 1.29 is 4.74 Å². The van der Waals surface area contributed by atoms with Gasteiger partial charge in [0.1, 0.15) is 12.4 Å². The van der Waals surface area contributed by atoms with Crippen LogP contribution in [0.25, 0.3) is 33.4 Å². The number of nitrogens with one attached hydrogen (secondary N) is 1. The van der Waals surface area contributed by atoms with Crippen LogP contribution in [0.4, 0.5) is 0 Å². The van der Waals surface area contributed by atoms with Crippen LogP contribution in [0.2, 0.25) is 0 Å². The number of hydrogen-bond donors (Lipinski definition) is 1. The molecule has 5 aromatic rings. The summed E-state index contributed by atoms with van der Waals surface area (Å²) in [4.78, 5) is 13.0. The first kappa shape index (κ1) is 17.1. The fraction of sp³-hybridized carbons (Fsp3) is 0.0435. The summed E-state index contributed by atoms with van der Waals surface area (Å²) in [5.74, 6) is 0.780. The van der Waals surface area contributed by atoms with Crippen molar-refractivity contribution in [1.82, 2.24) is 25.1 Å². The molecule has 29 heavy (non-hydrogen) atoms. The van der Waals surface area contributed by atoms with Crippen LogP contribution in [0.5, 0.6) is 5.75 Å². The van der Waals surface area contributed by atoms with Gasteiger partial charge in [0.2, 0.25) is 0 Å². The van der Waals surface area contributed by atoms with E-state index < -0.39 is 0 Å². The second-order valence-electron chi connectivity index (χ2n) is 6.54. The maximum atomic E-state index is 5.91. The Kier molecular flexibility index (Phi) is 4.42. The average Bonchev–Trinajstić information content (AvgIpc) is 3.28. The third kappa shape index (κ3) is 3.55. The quantitative estimate of drug-likeness (QED) is 0.481. The molecule has 0 aliphatic heterocycles. The molecule has 6 nitrogen and oxygen atoms in total. The van der Waals surface area contributed by atoms with E-state index in [1.54, 1.807) is 18.6 Å². The van der Waals surface area contributed by atoms with Gasteiger partial charge in [-0.1, -0.05) is 0 Å². The van der Waals surface area contributed by atoms with Crippen LogP contribution in [0, 0.1) is 0 Å². The van der Waals surface area contributed by atoms with Crippen LogP contribution < -0.4 is 4.74 Å². The standard InChI is InChI=1S/C23H17N5O/c1-2-22-21(25-11-1)8-5-18(27-22)15-29-19-6-3-17(4-7-19)23-20(14-26-28-23)16-9-12-24-13-10-16/h1-14H,15H2,(H,26,28). The number of rotatable bonds is 5. The van der Waals surface area contributed by atoms with E-state index in [2.05, 4.69) is 25.1 Å². The van der Waals surface area contributed by atoms with E-state index >= 15 is 0 Å². The minimum absolute atomic E-state index is 0.398. The summed E-state index contributed by atoms with van der Waals surface area (Å²) in [5, 5.41) is 7.37. The fourth-order valence-electron chi connectivity index (χ4n) is 3.21. The summed E-state index contributed by atoms with van der Waals surface area (Å²) in [7, 11) is 0. The van der Waals surface area contributed by atoms with Crippen LogP contribution in [-0.4, -0.2) is 25.1 Å². The van der Waals surface area contributed by atoms with Gasteiger partial charge in [0.15, 0.2) is 0 Å². The third-order valence-corrected chi connectivity index (χ3v) is 4.66. The van der Waals surface area contributed by atoms with E-state index in [-0.39, 0.29) is 0 Å². The van der Waals surface area contributed by atoms with Gasteiger partial charge in [-0.05, 0) is 66.2 Å². The first-order valence-electron chi connectivity index (χ1n) is 9.25. The van der Waals surface area contributed by atoms with Gasteiger partial charge < -0.3 is 4.74 Å². The number of benzene rings is 1. The molecule has 4 aromatic heterocycles. The van der Waals surface area contributed by atoms with Crippen molar-refractivity contribution in [3.8, 4) is 28.1 Å². The maximum absolute atomic E-state index is 5.91. The molecule has 6 heteroatoms. The van der Waals surface area contributed by atoms with Gasteiger partial charge in [-0.15, -0.1) is 0 Å². The first-order chi connectivity index (χ1) is 14.4. The molecular formula is C23H17N5O. The molecule has 0 radical (unpaired) electrons. The van der Waals surface area contributed by atoms with Gasteiger partial charge in [0, 0.05) is 35.9 Å². The Balaban J connectivity index is 1.32. The summed E-state index contributed by atoms with van der Waals surface area (Å²) in [5.41, 5.74) is 6.63. The van der Waals surface area contributed by atoms with Crippen molar-refractivity contribution >= 4 is 11.0 Å². The number of aromatic nitrogens is 5. The molecule has 0 atom stereocenters. The van der Waals surface area contributed by atoms with E-state index in [0.717, 1.165) is 44.9 Å². The van der Waals surface area contributed by atoms with Crippen molar-refractivity contribution in [3.05, 3.63) is 91.1 Å². The van der Waals surface area contributed by atoms with Crippen molar-refractivity contribution in [3.63, 3.8) is 0 Å². The lowest BCUT2D eigenvalue weighted by molar-refractivity contribution is 0.302. The highest BCUT2D eigenvalue weighted by Gasteiger charge is 2.10. The maximum Gasteiger partial charge on any atom is 0.130 e. The van der Waals surface area contributed by atoms with Gasteiger partial charge >= 0.3 is 0 Å². The number of hydrogen-bond acceptors (Lipinski definition) is 5. The zero-order chi connectivity index (χ0) is 19.5. The zero-order valence-electron chi connectivity index (χ0n) is 15.5. The largest absolute Gasteiger partial charge is 0.487 e. The minimum atomic E-state index is 0.398. The van der Waals surface area contributed by atoms with E-state index in [1.165, 1.54) is 0 Å². The fourth-order valence-corrected chi connectivity index (χ4v) is 3.21. The van der Waals surface area contributed by atoms with E-state index in [1.807, 2.05) is 66.9 Å². The van der Waals surface area contributed by atoms with Crippen LogP contribution in [-0.2, 0) is 6.61 Å². The highest BCUT2D eigenvalue weighted by Crippen LogP contribution is 2.30. The second-order valence-corrected chi connectivity index (χ2v) is 6.54. The lowest BCUT2D eigenvalue weighted by atomic mass is 10.0. The summed E-state index contributed by atoms with van der Waals surface area (Å²) in [6, 6.07) is 19.6. The average molecular weight is 379 g/mol.